The lowest BCUT2D eigenvalue weighted by Crippen LogP contribution is -2.15. The zero-order chi connectivity index (χ0) is 21.6. The number of aliphatic carboxylic acids is 1. The van der Waals surface area contributed by atoms with Crippen molar-refractivity contribution in [2.75, 3.05) is 0 Å². The van der Waals surface area contributed by atoms with E-state index in [2.05, 4.69) is 25.2 Å². The minimum absolute atomic E-state index is 0.109. The van der Waals surface area contributed by atoms with Gasteiger partial charge in [0.05, 0.1) is 0 Å². The van der Waals surface area contributed by atoms with Crippen molar-refractivity contribution in [1.29, 1.82) is 0 Å². The molecular weight excluding hydrogens is 364 g/mol. The Kier molecular flexibility index (Phi) is 20.0. The minimum atomic E-state index is -0.708. The van der Waals surface area contributed by atoms with E-state index in [1.54, 1.807) is 0 Å². The van der Waals surface area contributed by atoms with Crippen molar-refractivity contribution in [3.05, 3.63) is 24.3 Å². The quantitative estimate of drug-likeness (QED) is 0.130. The molecule has 0 heterocycles. The highest BCUT2D eigenvalue weighted by Gasteiger charge is 2.10. The van der Waals surface area contributed by atoms with Gasteiger partial charge in [-0.15, -0.1) is 0 Å². The summed E-state index contributed by atoms with van der Waals surface area (Å²) in [5.74, 6) is -0.817. The molecule has 0 aromatic carbocycles. The SMILES string of the molecule is CCCCCC/C=C\C/C=C\C(CCCCCCCCC(=O)O)OC(=O)CCC. The van der Waals surface area contributed by atoms with Crippen molar-refractivity contribution in [3.8, 4) is 0 Å². The van der Waals surface area contributed by atoms with Crippen LogP contribution in [-0.4, -0.2) is 23.1 Å². The van der Waals surface area contributed by atoms with Gasteiger partial charge in [-0.1, -0.05) is 77.0 Å². The first-order chi connectivity index (χ1) is 14.1. The Morgan fingerprint density at radius 2 is 1.48 bits per heavy atom. The lowest BCUT2D eigenvalue weighted by molar-refractivity contribution is -0.147. The highest BCUT2D eigenvalue weighted by Crippen LogP contribution is 2.13. The third-order valence-electron chi connectivity index (χ3n) is 4.88. The molecule has 1 N–H and O–H groups in total. The molecule has 0 amide bonds. The second-order valence-corrected chi connectivity index (χ2v) is 7.82. The Labute approximate surface area is 178 Å². The highest BCUT2D eigenvalue weighted by molar-refractivity contribution is 5.69. The maximum absolute atomic E-state index is 11.9. The van der Waals surface area contributed by atoms with Gasteiger partial charge in [0.25, 0.3) is 0 Å². The number of carboxylic acids is 1. The molecule has 1 atom stereocenters. The summed E-state index contributed by atoms with van der Waals surface area (Å²) in [6.45, 7) is 4.22. The molecule has 0 fully saturated rings. The molecule has 0 spiro atoms. The molecule has 0 aliphatic rings. The molecule has 0 radical (unpaired) electrons. The molecule has 29 heavy (non-hydrogen) atoms. The van der Waals surface area contributed by atoms with Crippen LogP contribution in [-0.2, 0) is 14.3 Å². The predicted octanol–water partition coefficient (Wildman–Crippen LogP) is 7.38. The van der Waals surface area contributed by atoms with Crippen LogP contribution in [0.5, 0.6) is 0 Å². The van der Waals surface area contributed by atoms with Crippen LogP contribution >= 0.6 is 0 Å². The van der Waals surface area contributed by atoms with Crippen LogP contribution in [0.3, 0.4) is 0 Å². The first-order valence-corrected chi connectivity index (χ1v) is 11.8. The average molecular weight is 409 g/mol. The normalized spacial score (nSPS) is 12.6. The second-order valence-electron chi connectivity index (χ2n) is 7.82. The van der Waals surface area contributed by atoms with Crippen LogP contribution in [0, 0.1) is 0 Å². The van der Waals surface area contributed by atoms with Crippen molar-refractivity contribution in [1.82, 2.24) is 0 Å². The van der Waals surface area contributed by atoms with Crippen molar-refractivity contribution in [2.45, 2.75) is 123 Å². The predicted molar refractivity (Wildman–Crippen MR) is 121 cm³/mol. The van der Waals surface area contributed by atoms with Gasteiger partial charge in [-0.25, -0.2) is 0 Å². The zero-order valence-corrected chi connectivity index (χ0v) is 18.9. The van der Waals surface area contributed by atoms with Gasteiger partial charge in [0, 0.05) is 12.8 Å². The largest absolute Gasteiger partial charge is 0.481 e. The molecule has 0 aliphatic heterocycles. The summed E-state index contributed by atoms with van der Waals surface area (Å²) >= 11 is 0. The molecule has 0 saturated carbocycles. The summed E-state index contributed by atoms with van der Waals surface area (Å²) in [7, 11) is 0. The number of ether oxygens (including phenoxy) is 1. The number of carbonyl (C=O) groups is 2. The molecule has 4 heteroatoms. The van der Waals surface area contributed by atoms with E-state index in [1.807, 2.05) is 13.0 Å². The van der Waals surface area contributed by atoms with Gasteiger partial charge in [0.2, 0.25) is 0 Å². The van der Waals surface area contributed by atoms with E-state index in [0.717, 1.165) is 64.2 Å². The van der Waals surface area contributed by atoms with Crippen LogP contribution in [0.1, 0.15) is 117 Å². The van der Waals surface area contributed by atoms with Crippen LogP contribution in [0.25, 0.3) is 0 Å². The van der Waals surface area contributed by atoms with Crippen LogP contribution in [0.2, 0.25) is 0 Å². The number of carbonyl (C=O) groups excluding carboxylic acids is 1. The number of hydrogen-bond acceptors (Lipinski definition) is 3. The van der Waals surface area contributed by atoms with Gasteiger partial charge in [0.15, 0.2) is 0 Å². The van der Waals surface area contributed by atoms with E-state index in [1.165, 1.54) is 25.7 Å². The highest BCUT2D eigenvalue weighted by atomic mass is 16.5. The Morgan fingerprint density at radius 3 is 2.17 bits per heavy atom. The van der Waals surface area contributed by atoms with Crippen LogP contribution in [0.15, 0.2) is 24.3 Å². The molecule has 168 valence electrons. The molecule has 0 bridgehead atoms. The zero-order valence-electron chi connectivity index (χ0n) is 18.9. The molecule has 4 nitrogen and oxygen atoms in total. The van der Waals surface area contributed by atoms with E-state index in [0.29, 0.717) is 6.42 Å². The van der Waals surface area contributed by atoms with Gasteiger partial charge < -0.3 is 9.84 Å². The first-order valence-electron chi connectivity index (χ1n) is 11.8. The van der Waals surface area contributed by atoms with Crippen LogP contribution < -0.4 is 0 Å². The number of unbranched alkanes of at least 4 members (excludes halogenated alkanes) is 9. The van der Waals surface area contributed by atoms with E-state index >= 15 is 0 Å². The van der Waals surface area contributed by atoms with E-state index < -0.39 is 5.97 Å². The van der Waals surface area contributed by atoms with Gasteiger partial charge >= 0.3 is 11.9 Å². The number of carboxylic acid groups (broad SMARTS) is 1. The third kappa shape index (κ3) is 21.0. The third-order valence-corrected chi connectivity index (χ3v) is 4.88. The van der Waals surface area contributed by atoms with Crippen molar-refractivity contribution in [2.24, 2.45) is 0 Å². The first kappa shape index (κ1) is 27.4. The molecule has 0 rings (SSSR count). The van der Waals surface area contributed by atoms with Gasteiger partial charge in [-0.2, -0.15) is 0 Å². The van der Waals surface area contributed by atoms with Gasteiger partial charge in [0.1, 0.15) is 6.10 Å². The van der Waals surface area contributed by atoms with Crippen molar-refractivity contribution in [3.63, 3.8) is 0 Å². The van der Waals surface area contributed by atoms with Crippen LogP contribution in [0.4, 0.5) is 0 Å². The lowest BCUT2D eigenvalue weighted by atomic mass is 10.1. The van der Waals surface area contributed by atoms with Crippen molar-refractivity contribution >= 4 is 11.9 Å². The van der Waals surface area contributed by atoms with Crippen molar-refractivity contribution < 1.29 is 19.4 Å². The smallest absolute Gasteiger partial charge is 0.306 e. The lowest BCUT2D eigenvalue weighted by Gasteiger charge is -2.14. The summed E-state index contributed by atoms with van der Waals surface area (Å²) in [4.78, 5) is 22.3. The Morgan fingerprint density at radius 1 is 0.793 bits per heavy atom. The summed E-state index contributed by atoms with van der Waals surface area (Å²) in [5, 5.41) is 8.64. The Bertz CT molecular complexity index is 454. The second kappa shape index (κ2) is 21.1. The molecule has 0 aliphatic carbocycles. The maximum Gasteiger partial charge on any atom is 0.306 e. The molecule has 0 saturated heterocycles. The van der Waals surface area contributed by atoms with E-state index in [9.17, 15) is 9.59 Å². The number of esters is 1. The average Bonchev–Trinajstić information content (AvgIpc) is 2.68. The molecular formula is C25H44O4. The summed E-state index contributed by atoms with van der Waals surface area (Å²) in [6, 6.07) is 0. The topological polar surface area (TPSA) is 63.6 Å². The Hall–Kier alpha value is -1.58. The maximum atomic E-state index is 11.9. The summed E-state index contributed by atoms with van der Waals surface area (Å²) < 4.78 is 5.62. The number of rotatable bonds is 20. The van der Waals surface area contributed by atoms with Gasteiger partial charge in [-0.3, -0.25) is 9.59 Å². The minimum Gasteiger partial charge on any atom is -0.481 e. The fourth-order valence-electron chi connectivity index (χ4n) is 3.17. The fourth-order valence-corrected chi connectivity index (χ4v) is 3.17. The van der Waals surface area contributed by atoms with E-state index in [4.69, 9.17) is 9.84 Å². The van der Waals surface area contributed by atoms with E-state index in [-0.39, 0.29) is 18.5 Å². The number of hydrogen-bond donors (Lipinski definition) is 1. The molecule has 0 aromatic heterocycles. The monoisotopic (exact) mass is 408 g/mol. The standard InChI is InChI=1S/C25H44O4/c1-3-5-6-7-8-9-10-13-16-20-23(29-25(28)19-4-2)21-17-14-11-12-15-18-22-24(26)27/h9-10,16,20,23H,3-8,11-15,17-19,21-22H2,1-2H3,(H,26,27)/b10-9-,20-16-. The fraction of sp³-hybridized carbons (Fsp3) is 0.760. The number of allylic oxidation sites excluding steroid dienone is 3. The summed E-state index contributed by atoms with van der Waals surface area (Å²) in [5.41, 5.74) is 0. The van der Waals surface area contributed by atoms with Gasteiger partial charge in [-0.05, 0) is 51.0 Å². The Balaban J connectivity index is 4.06. The molecule has 1 unspecified atom stereocenters. The molecule has 0 aromatic rings. The summed E-state index contributed by atoms with van der Waals surface area (Å²) in [6.07, 6.45) is 24.2.